The lowest BCUT2D eigenvalue weighted by molar-refractivity contribution is -0.161. The topological polar surface area (TPSA) is 149 Å². The average molecular weight is 825 g/mol. The lowest BCUT2D eigenvalue weighted by Crippen LogP contribution is -2.29. The number of allylic oxidation sites excluding steroid dienone is 10. The number of ether oxygens (including phenoxy) is 2. The van der Waals surface area contributed by atoms with Gasteiger partial charge in [0.2, 0.25) is 0 Å². The van der Waals surface area contributed by atoms with Crippen molar-refractivity contribution < 1.29 is 47.8 Å². The van der Waals surface area contributed by atoms with E-state index in [0.29, 0.717) is 12.8 Å². The molecule has 0 fully saturated rings. The number of aliphatic hydroxyl groups is 2. The predicted octanol–water partition coefficient (Wildman–Crippen LogP) is 11.9. The maximum Gasteiger partial charge on any atom is 0.472 e. The third-order valence-corrected chi connectivity index (χ3v) is 10.1. The van der Waals surface area contributed by atoms with Crippen LogP contribution in [0.25, 0.3) is 0 Å². The van der Waals surface area contributed by atoms with Gasteiger partial charge in [0.1, 0.15) is 12.7 Å². The number of esters is 2. The fourth-order valence-corrected chi connectivity index (χ4v) is 6.53. The molecule has 0 aromatic carbocycles. The lowest BCUT2D eigenvalue weighted by atomic mass is 10.0. The van der Waals surface area contributed by atoms with Gasteiger partial charge in [-0.25, -0.2) is 4.57 Å². The molecule has 0 aliphatic rings. The molecule has 11 heteroatoms. The minimum absolute atomic E-state index is 0.117. The number of phosphoric acid groups is 1. The maximum atomic E-state index is 12.6. The third-order valence-electron chi connectivity index (χ3n) is 9.19. The van der Waals surface area contributed by atoms with E-state index in [1.807, 2.05) is 12.2 Å². The Kier molecular flexibility index (Phi) is 40.1. The third kappa shape index (κ3) is 41.6. The molecule has 0 spiro atoms. The molecule has 0 amide bonds. The van der Waals surface area contributed by atoms with E-state index < -0.39 is 51.8 Å². The quantitative estimate of drug-likeness (QED) is 0.0235. The molecule has 0 heterocycles. The summed E-state index contributed by atoms with van der Waals surface area (Å²) >= 11 is 0. The second kappa shape index (κ2) is 41.8. The van der Waals surface area contributed by atoms with E-state index >= 15 is 0 Å². The number of hydrogen-bond acceptors (Lipinski definition) is 9. The summed E-state index contributed by atoms with van der Waals surface area (Å²) in [5.74, 6) is -1.02. The average Bonchev–Trinajstić information content (AvgIpc) is 3.20. The SMILES string of the molecule is CCCCC/C=C/C/C=C/C/C=C/C/C=C/C/C=C/CCC(=O)OC[C@H](COP(=O)(O)OC[C@@H](O)CO)OC(=O)CCCCCCCCCCCCCCCCC. The van der Waals surface area contributed by atoms with Gasteiger partial charge in [0.15, 0.2) is 6.10 Å². The van der Waals surface area contributed by atoms with Gasteiger partial charge in [-0.05, 0) is 51.4 Å². The van der Waals surface area contributed by atoms with Crippen molar-refractivity contribution in [2.75, 3.05) is 26.4 Å². The number of phosphoric ester groups is 1. The van der Waals surface area contributed by atoms with E-state index in [0.717, 1.165) is 44.9 Å². The van der Waals surface area contributed by atoms with Gasteiger partial charge in [-0.1, -0.05) is 177 Å². The number of carbonyl (C=O) groups excluding carboxylic acids is 2. The first kappa shape index (κ1) is 54.7. The van der Waals surface area contributed by atoms with Gasteiger partial charge in [-0.3, -0.25) is 18.6 Å². The number of rotatable bonds is 41. The molecular formula is C46H81O10P. The highest BCUT2D eigenvalue weighted by Crippen LogP contribution is 2.43. The summed E-state index contributed by atoms with van der Waals surface area (Å²) in [6.07, 6.45) is 46.3. The van der Waals surface area contributed by atoms with Crippen LogP contribution in [0.3, 0.4) is 0 Å². The van der Waals surface area contributed by atoms with Crippen LogP contribution >= 0.6 is 7.82 Å². The Labute approximate surface area is 346 Å². The van der Waals surface area contributed by atoms with Crippen molar-refractivity contribution in [3.8, 4) is 0 Å². The molecule has 0 radical (unpaired) electrons. The molecule has 3 N–H and O–H groups in total. The highest BCUT2D eigenvalue weighted by atomic mass is 31.2. The van der Waals surface area contributed by atoms with Gasteiger partial charge in [0.25, 0.3) is 0 Å². The van der Waals surface area contributed by atoms with Crippen LogP contribution in [0.2, 0.25) is 0 Å². The number of unbranched alkanes of at least 4 members (excludes halogenated alkanes) is 17. The maximum absolute atomic E-state index is 12.6. The highest BCUT2D eigenvalue weighted by molar-refractivity contribution is 7.47. The van der Waals surface area contributed by atoms with Gasteiger partial charge in [-0.2, -0.15) is 0 Å². The first-order valence-electron chi connectivity index (χ1n) is 22.2. The number of aliphatic hydroxyl groups excluding tert-OH is 2. The van der Waals surface area contributed by atoms with E-state index in [9.17, 15) is 24.2 Å². The van der Waals surface area contributed by atoms with E-state index in [2.05, 4.69) is 67.0 Å². The minimum Gasteiger partial charge on any atom is -0.462 e. The summed E-state index contributed by atoms with van der Waals surface area (Å²) in [7, 11) is -4.63. The molecular weight excluding hydrogens is 743 g/mol. The second-order valence-corrected chi connectivity index (χ2v) is 16.2. The fourth-order valence-electron chi connectivity index (χ4n) is 5.74. The minimum atomic E-state index is -4.63. The molecule has 0 rings (SSSR count). The zero-order valence-corrected chi connectivity index (χ0v) is 36.7. The molecule has 0 aliphatic heterocycles. The molecule has 0 bridgehead atoms. The van der Waals surface area contributed by atoms with Crippen LogP contribution in [0.15, 0.2) is 60.8 Å². The van der Waals surface area contributed by atoms with Crippen molar-refractivity contribution in [3.63, 3.8) is 0 Å². The largest absolute Gasteiger partial charge is 0.472 e. The Hall–Kier alpha value is -2.33. The van der Waals surface area contributed by atoms with Crippen molar-refractivity contribution in [1.29, 1.82) is 0 Å². The van der Waals surface area contributed by atoms with E-state index in [-0.39, 0.29) is 19.4 Å². The first-order chi connectivity index (χ1) is 27.7. The monoisotopic (exact) mass is 825 g/mol. The predicted molar refractivity (Wildman–Crippen MR) is 233 cm³/mol. The Balaban J connectivity index is 4.40. The smallest absolute Gasteiger partial charge is 0.462 e. The van der Waals surface area contributed by atoms with Crippen molar-refractivity contribution in [1.82, 2.24) is 0 Å². The fraction of sp³-hybridized carbons (Fsp3) is 0.739. The van der Waals surface area contributed by atoms with E-state index in [1.165, 1.54) is 96.3 Å². The molecule has 330 valence electrons. The number of carbonyl (C=O) groups is 2. The lowest BCUT2D eigenvalue weighted by Gasteiger charge is -2.20. The van der Waals surface area contributed by atoms with Crippen molar-refractivity contribution in [3.05, 3.63) is 60.8 Å². The standard InChI is InChI=1S/C46H81O10P/c1-3-5-7-9-11-13-15-17-19-20-21-22-24-25-27-29-31-33-35-37-45(49)53-41-44(42-55-57(51,52)54-40-43(48)39-47)56-46(50)38-36-34-32-30-28-26-23-18-16-14-12-10-8-6-4-2/h11,13,17,19,21-22,25,27,31,33,43-44,47-48H,3-10,12,14-16,18,20,23-24,26,28-30,32,34-42H2,1-2H3,(H,51,52)/b13-11+,19-17+,22-21+,27-25+,33-31+/t43-,44+/m0/s1. The van der Waals surface area contributed by atoms with Crippen LogP contribution < -0.4 is 0 Å². The normalized spacial score (nSPS) is 14.4. The molecule has 57 heavy (non-hydrogen) atoms. The Morgan fingerprint density at radius 1 is 0.526 bits per heavy atom. The molecule has 10 nitrogen and oxygen atoms in total. The molecule has 0 aliphatic carbocycles. The molecule has 0 aromatic rings. The summed E-state index contributed by atoms with van der Waals surface area (Å²) in [6, 6.07) is 0. The van der Waals surface area contributed by atoms with Gasteiger partial charge >= 0.3 is 19.8 Å². The summed E-state index contributed by atoms with van der Waals surface area (Å²) in [5, 5.41) is 18.3. The summed E-state index contributed by atoms with van der Waals surface area (Å²) in [6.45, 7) is 2.27. The molecule has 0 saturated heterocycles. The van der Waals surface area contributed by atoms with E-state index in [4.69, 9.17) is 19.1 Å². The van der Waals surface area contributed by atoms with Crippen LogP contribution in [0, 0.1) is 0 Å². The molecule has 3 atom stereocenters. The molecule has 1 unspecified atom stereocenters. The van der Waals surface area contributed by atoms with Crippen molar-refractivity contribution in [2.45, 2.75) is 193 Å². The van der Waals surface area contributed by atoms with Gasteiger partial charge in [0.05, 0.1) is 19.8 Å². The number of hydrogen-bond donors (Lipinski definition) is 3. The Morgan fingerprint density at radius 3 is 1.44 bits per heavy atom. The van der Waals surface area contributed by atoms with Crippen molar-refractivity contribution >= 4 is 19.8 Å². The van der Waals surface area contributed by atoms with Crippen molar-refractivity contribution in [2.24, 2.45) is 0 Å². The van der Waals surface area contributed by atoms with Crippen LogP contribution in [0.5, 0.6) is 0 Å². The van der Waals surface area contributed by atoms with Crippen LogP contribution in [0.1, 0.15) is 181 Å². The molecule has 0 saturated carbocycles. The zero-order chi connectivity index (χ0) is 41.9. The van der Waals surface area contributed by atoms with Gasteiger partial charge in [-0.15, -0.1) is 0 Å². The van der Waals surface area contributed by atoms with Crippen LogP contribution in [-0.4, -0.2) is 65.7 Å². The Morgan fingerprint density at radius 2 is 0.947 bits per heavy atom. The first-order valence-corrected chi connectivity index (χ1v) is 23.7. The summed E-state index contributed by atoms with van der Waals surface area (Å²) in [5.41, 5.74) is 0. The molecule has 0 aromatic heterocycles. The van der Waals surface area contributed by atoms with Gasteiger partial charge in [0, 0.05) is 12.8 Å². The summed E-state index contributed by atoms with van der Waals surface area (Å²) < 4.78 is 32.6. The van der Waals surface area contributed by atoms with Crippen LogP contribution in [0.4, 0.5) is 0 Å². The van der Waals surface area contributed by atoms with Gasteiger partial charge < -0.3 is 24.6 Å². The Bertz CT molecular complexity index is 1130. The highest BCUT2D eigenvalue weighted by Gasteiger charge is 2.27. The van der Waals surface area contributed by atoms with E-state index in [1.54, 1.807) is 0 Å². The zero-order valence-electron chi connectivity index (χ0n) is 35.8. The summed E-state index contributed by atoms with van der Waals surface area (Å²) in [4.78, 5) is 35.0. The van der Waals surface area contributed by atoms with Crippen LogP contribution in [-0.2, 0) is 32.7 Å². The second-order valence-electron chi connectivity index (χ2n) is 14.7.